The number of aromatic carboxylic acids is 1. The fourth-order valence-electron chi connectivity index (χ4n) is 0.903. The Kier molecular flexibility index (Phi) is 2.01. The number of rotatable bonds is 1. The quantitative estimate of drug-likeness (QED) is 0.852. The molecule has 0 aliphatic heterocycles. The average Bonchev–Trinajstić information content (AvgIpc) is 2.42. The zero-order valence-corrected chi connectivity index (χ0v) is 8.59. The van der Waals surface area contributed by atoms with E-state index in [9.17, 15) is 4.79 Å². The summed E-state index contributed by atoms with van der Waals surface area (Å²) in [5.74, 6) is -1.27. The number of hydrogen-bond donors (Lipinski definition) is 1. The van der Waals surface area contributed by atoms with Crippen LogP contribution in [0.4, 0.5) is 0 Å². The van der Waals surface area contributed by atoms with Gasteiger partial charge in [0.05, 0.1) is 3.79 Å². The summed E-state index contributed by atoms with van der Waals surface area (Å²) in [6, 6.07) is 1.85. The SMILES string of the molecule is O=C(O)c1ncc2cc(Br)sc2n1. The van der Waals surface area contributed by atoms with Crippen LogP contribution in [0.15, 0.2) is 16.0 Å². The summed E-state index contributed by atoms with van der Waals surface area (Å²) < 4.78 is 0.916. The highest BCUT2D eigenvalue weighted by atomic mass is 79.9. The van der Waals surface area contributed by atoms with E-state index in [1.54, 1.807) is 0 Å². The van der Waals surface area contributed by atoms with Crippen LogP contribution in [0.1, 0.15) is 10.6 Å². The van der Waals surface area contributed by atoms with Crippen LogP contribution in [0.2, 0.25) is 0 Å². The molecule has 13 heavy (non-hydrogen) atoms. The van der Waals surface area contributed by atoms with Gasteiger partial charge in [0.1, 0.15) is 4.83 Å². The molecule has 0 atom stereocenters. The zero-order chi connectivity index (χ0) is 9.42. The Morgan fingerprint density at radius 3 is 3.08 bits per heavy atom. The Labute approximate surface area is 85.4 Å². The number of carboxylic acids is 1. The van der Waals surface area contributed by atoms with Gasteiger partial charge in [0.25, 0.3) is 0 Å². The van der Waals surface area contributed by atoms with E-state index in [1.165, 1.54) is 17.5 Å². The lowest BCUT2D eigenvalue weighted by molar-refractivity contribution is 0.0684. The van der Waals surface area contributed by atoms with E-state index in [4.69, 9.17) is 5.11 Å². The van der Waals surface area contributed by atoms with Crippen LogP contribution in [-0.4, -0.2) is 21.0 Å². The van der Waals surface area contributed by atoms with E-state index in [0.717, 1.165) is 9.17 Å². The molecule has 2 aromatic heterocycles. The van der Waals surface area contributed by atoms with Crippen molar-refractivity contribution in [2.24, 2.45) is 0 Å². The number of nitrogens with zero attached hydrogens (tertiary/aromatic N) is 2. The summed E-state index contributed by atoms with van der Waals surface area (Å²) in [6.45, 7) is 0. The van der Waals surface area contributed by atoms with E-state index in [1.807, 2.05) is 6.07 Å². The predicted molar refractivity (Wildman–Crippen MR) is 52.1 cm³/mol. The summed E-state index contributed by atoms with van der Waals surface area (Å²) in [7, 11) is 0. The zero-order valence-electron chi connectivity index (χ0n) is 6.19. The normalized spacial score (nSPS) is 10.5. The van der Waals surface area contributed by atoms with Crippen LogP contribution in [0.25, 0.3) is 10.2 Å². The first-order chi connectivity index (χ1) is 6.16. The van der Waals surface area contributed by atoms with E-state index >= 15 is 0 Å². The van der Waals surface area contributed by atoms with Gasteiger partial charge in [-0.3, -0.25) is 0 Å². The molecule has 0 amide bonds. The minimum atomic E-state index is -1.11. The summed E-state index contributed by atoms with van der Waals surface area (Å²) in [6.07, 6.45) is 1.51. The van der Waals surface area contributed by atoms with Gasteiger partial charge in [-0.1, -0.05) is 0 Å². The molecule has 2 rings (SSSR count). The molecule has 0 spiro atoms. The molecule has 2 aromatic rings. The van der Waals surface area contributed by atoms with Crippen LogP contribution >= 0.6 is 27.3 Å². The third-order valence-corrected chi connectivity index (χ3v) is 2.98. The van der Waals surface area contributed by atoms with Crippen molar-refractivity contribution in [1.29, 1.82) is 0 Å². The molecule has 66 valence electrons. The van der Waals surface area contributed by atoms with Gasteiger partial charge in [-0.05, 0) is 22.0 Å². The van der Waals surface area contributed by atoms with Gasteiger partial charge in [-0.15, -0.1) is 11.3 Å². The van der Waals surface area contributed by atoms with Crippen LogP contribution in [0.5, 0.6) is 0 Å². The van der Waals surface area contributed by atoms with Crippen LogP contribution < -0.4 is 0 Å². The molecule has 6 heteroatoms. The maximum absolute atomic E-state index is 10.5. The molecule has 0 saturated heterocycles. The fourth-order valence-corrected chi connectivity index (χ4v) is 2.34. The van der Waals surface area contributed by atoms with Crippen molar-refractivity contribution >= 4 is 43.5 Å². The third kappa shape index (κ3) is 1.54. The van der Waals surface area contributed by atoms with Crippen molar-refractivity contribution < 1.29 is 9.90 Å². The Bertz CT molecular complexity index is 482. The van der Waals surface area contributed by atoms with Gasteiger partial charge in [0, 0.05) is 11.6 Å². The lowest BCUT2D eigenvalue weighted by Gasteiger charge is -1.90. The molecule has 0 aliphatic carbocycles. The number of carboxylic acid groups (broad SMARTS) is 1. The molecule has 1 N–H and O–H groups in total. The lowest BCUT2D eigenvalue weighted by Crippen LogP contribution is -2.02. The first-order valence-corrected chi connectivity index (χ1v) is 4.93. The van der Waals surface area contributed by atoms with E-state index in [0.29, 0.717) is 4.83 Å². The molecule has 0 unspecified atom stereocenters. The van der Waals surface area contributed by atoms with Gasteiger partial charge in [0.15, 0.2) is 0 Å². The minimum absolute atomic E-state index is 0.165. The molecule has 0 radical (unpaired) electrons. The van der Waals surface area contributed by atoms with Crippen LogP contribution in [0, 0.1) is 0 Å². The van der Waals surface area contributed by atoms with Crippen molar-refractivity contribution in [3.63, 3.8) is 0 Å². The highest BCUT2D eigenvalue weighted by Gasteiger charge is 2.08. The molecule has 0 aliphatic rings. The van der Waals surface area contributed by atoms with Crippen molar-refractivity contribution in [3.8, 4) is 0 Å². The fraction of sp³-hybridized carbons (Fsp3) is 0. The molecule has 0 bridgehead atoms. The van der Waals surface area contributed by atoms with E-state index in [-0.39, 0.29) is 5.82 Å². The molecule has 2 heterocycles. The Morgan fingerprint density at radius 2 is 2.38 bits per heavy atom. The number of aromatic nitrogens is 2. The summed E-state index contributed by atoms with van der Waals surface area (Å²) in [4.78, 5) is 18.8. The Morgan fingerprint density at radius 1 is 1.62 bits per heavy atom. The number of carbonyl (C=O) groups is 1. The summed E-state index contributed by atoms with van der Waals surface area (Å²) in [5.41, 5.74) is 0. The van der Waals surface area contributed by atoms with Gasteiger partial charge >= 0.3 is 5.97 Å². The smallest absolute Gasteiger partial charge is 0.373 e. The largest absolute Gasteiger partial charge is 0.475 e. The topological polar surface area (TPSA) is 63.1 Å². The number of fused-ring (bicyclic) bond motifs is 1. The molecule has 0 aromatic carbocycles. The monoisotopic (exact) mass is 258 g/mol. The van der Waals surface area contributed by atoms with Gasteiger partial charge in [0.2, 0.25) is 5.82 Å². The maximum Gasteiger partial charge on any atom is 0.373 e. The number of halogens is 1. The second-order valence-electron chi connectivity index (χ2n) is 2.31. The third-order valence-electron chi connectivity index (χ3n) is 1.43. The second-order valence-corrected chi connectivity index (χ2v) is 4.72. The molecular weight excluding hydrogens is 256 g/mol. The van der Waals surface area contributed by atoms with Gasteiger partial charge in [-0.25, -0.2) is 14.8 Å². The molecule has 0 saturated carbocycles. The molecule has 4 nitrogen and oxygen atoms in total. The van der Waals surface area contributed by atoms with Crippen molar-refractivity contribution in [1.82, 2.24) is 9.97 Å². The minimum Gasteiger partial charge on any atom is -0.475 e. The number of hydrogen-bond acceptors (Lipinski definition) is 4. The lowest BCUT2D eigenvalue weighted by atomic mass is 10.4. The van der Waals surface area contributed by atoms with Gasteiger partial charge < -0.3 is 5.11 Å². The molecule has 0 fully saturated rings. The maximum atomic E-state index is 10.5. The second kappa shape index (κ2) is 3.04. The van der Waals surface area contributed by atoms with Gasteiger partial charge in [-0.2, -0.15) is 0 Å². The Hall–Kier alpha value is -1.01. The number of thiophene rings is 1. The first kappa shape index (κ1) is 8.58. The standard InChI is InChI=1S/C7H3BrN2O2S/c8-4-1-3-2-9-5(7(11)12)10-6(3)13-4/h1-2H,(H,11,12). The highest BCUT2D eigenvalue weighted by Crippen LogP contribution is 2.27. The van der Waals surface area contributed by atoms with E-state index in [2.05, 4.69) is 25.9 Å². The van der Waals surface area contributed by atoms with Crippen LogP contribution in [0.3, 0.4) is 0 Å². The average molecular weight is 259 g/mol. The highest BCUT2D eigenvalue weighted by molar-refractivity contribution is 9.11. The first-order valence-electron chi connectivity index (χ1n) is 3.32. The van der Waals surface area contributed by atoms with E-state index < -0.39 is 5.97 Å². The van der Waals surface area contributed by atoms with Crippen molar-refractivity contribution in [3.05, 3.63) is 21.9 Å². The Balaban J connectivity index is 2.67. The summed E-state index contributed by atoms with van der Waals surface area (Å²) >= 11 is 4.68. The van der Waals surface area contributed by atoms with Crippen molar-refractivity contribution in [2.45, 2.75) is 0 Å². The van der Waals surface area contributed by atoms with Crippen LogP contribution in [-0.2, 0) is 0 Å². The van der Waals surface area contributed by atoms with Crippen molar-refractivity contribution in [2.75, 3.05) is 0 Å². The molecular formula is C7H3BrN2O2S. The predicted octanol–water partition coefficient (Wildman–Crippen LogP) is 2.15. The summed E-state index contributed by atoms with van der Waals surface area (Å²) in [5, 5.41) is 9.47.